The molecule has 0 atom stereocenters. The number of anilines is 1. The lowest BCUT2D eigenvalue weighted by Gasteiger charge is -2.24. The van der Waals surface area contributed by atoms with Crippen molar-refractivity contribution in [1.29, 1.82) is 0 Å². The lowest BCUT2D eigenvalue weighted by Crippen LogP contribution is -2.31. The average molecular weight is 451 g/mol. The van der Waals surface area contributed by atoms with Crippen molar-refractivity contribution in [1.82, 2.24) is 4.90 Å². The van der Waals surface area contributed by atoms with E-state index in [9.17, 15) is 12.8 Å². The Hall–Kier alpha value is -2.12. The predicted octanol–water partition coefficient (Wildman–Crippen LogP) is 5.32. The quantitative estimate of drug-likeness (QED) is 0.388. The molecule has 0 saturated heterocycles. The summed E-state index contributed by atoms with van der Waals surface area (Å²) in [7, 11) is -2.26. The average Bonchev–Trinajstić information content (AvgIpc) is 2.75. The van der Waals surface area contributed by atoms with Crippen molar-refractivity contribution in [3.05, 3.63) is 54.3 Å². The first-order valence-electron chi connectivity index (χ1n) is 11.0. The van der Waals surface area contributed by atoms with Crippen molar-refractivity contribution in [2.45, 2.75) is 57.4 Å². The van der Waals surface area contributed by atoms with Crippen LogP contribution >= 0.6 is 0 Å². The van der Waals surface area contributed by atoms with Crippen molar-refractivity contribution in [3.8, 4) is 5.75 Å². The molecule has 0 aliphatic carbocycles. The van der Waals surface area contributed by atoms with E-state index in [0.717, 1.165) is 38.1 Å². The SMILES string of the molecule is CCN(CCCCCCOc1ccc(N(C)S(=O)(=O)c2ccc(F)cc2)cc1)C(C)C. The van der Waals surface area contributed by atoms with Crippen LogP contribution in [0.1, 0.15) is 46.5 Å². The molecule has 0 spiro atoms. The molecule has 2 aromatic carbocycles. The molecule has 0 aliphatic heterocycles. The minimum absolute atomic E-state index is 0.0483. The van der Waals surface area contributed by atoms with Crippen LogP contribution in [0, 0.1) is 5.82 Å². The number of hydrogen-bond acceptors (Lipinski definition) is 4. The first-order chi connectivity index (χ1) is 14.8. The minimum atomic E-state index is -3.74. The highest BCUT2D eigenvalue weighted by Crippen LogP contribution is 2.24. The zero-order chi connectivity index (χ0) is 22.9. The van der Waals surface area contributed by atoms with Crippen molar-refractivity contribution in [2.24, 2.45) is 0 Å². The maximum absolute atomic E-state index is 13.1. The Labute approximate surface area is 186 Å². The van der Waals surface area contributed by atoms with Gasteiger partial charge in [-0.25, -0.2) is 12.8 Å². The summed E-state index contributed by atoms with van der Waals surface area (Å²) in [6.07, 6.45) is 4.52. The summed E-state index contributed by atoms with van der Waals surface area (Å²) in [6, 6.07) is 12.4. The van der Waals surface area contributed by atoms with Crippen LogP contribution in [-0.2, 0) is 10.0 Å². The van der Waals surface area contributed by atoms with Gasteiger partial charge in [0.15, 0.2) is 0 Å². The largest absolute Gasteiger partial charge is 0.494 e. The second kappa shape index (κ2) is 12.1. The van der Waals surface area contributed by atoms with E-state index in [1.54, 1.807) is 24.3 Å². The molecule has 0 saturated carbocycles. The topological polar surface area (TPSA) is 49.9 Å². The molecule has 0 unspecified atom stereocenters. The zero-order valence-corrected chi connectivity index (χ0v) is 19.9. The normalized spacial score (nSPS) is 11.8. The van der Waals surface area contributed by atoms with E-state index >= 15 is 0 Å². The Morgan fingerprint density at radius 3 is 2.13 bits per heavy atom. The molecule has 31 heavy (non-hydrogen) atoms. The molecule has 0 aromatic heterocycles. The van der Waals surface area contributed by atoms with E-state index in [1.807, 2.05) is 0 Å². The fourth-order valence-corrected chi connectivity index (χ4v) is 4.59. The lowest BCUT2D eigenvalue weighted by molar-refractivity contribution is 0.227. The molecule has 0 radical (unpaired) electrons. The Morgan fingerprint density at radius 2 is 1.55 bits per heavy atom. The van der Waals surface area contributed by atoms with Crippen molar-refractivity contribution < 1.29 is 17.5 Å². The third kappa shape index (κ3) is 7.51. The fraction of sp³-hybridized carbons (Fsp3) is 0.500. The van der Waals surface area contributed by atoms with Gasteiger partial charge in [-0.05, 0) is 88.3 Å². The molecule has 0 bridgehead atoms. The Bertz CT molecular complexity index is 884. The van der Waals surface area contributed by atoms with Gasteiger partial charge in [0.25, 0.3) is 10.0 Å². The molecular weight excluding hydrogens is 415 g/mol. The second-order valence-corrected chi connectivity index (χ2v) is 9.87. The third-order valence-electron chi connectivity index (χ3n) is 5.42. The van der Waals surface area contributed by atoms with Crippen LogP contribution in [0.5, 0.6) is 5.75 Å². The summed E-state index contributed by atoms with van der Waals surface area (Å²) in [4.78, 5) is 2.53. The van der Waals surface area contributed by atoms with E-state index in [4.69, 9.17) is 4.74 Å². The molecule has 0 N–H and O–H groups in total. The van der Waals surface area contributed by atoms with Gasteiger partial charge in [-0.15, -0.1) is 0 Å². The highest BCUT2D eigenvalue weighted by Gasteiger charge is 2.21. The van der Waals surface area contributed by atoms with Gasteiger partial charge in [0.2, 0.25) is 0 Å². The van der Waals surface area contributed by atoms with Gasteiger partial charge >= 0.3 is 0 Å². The molecule has 5 nitrogen and oxygen atoms in total. The standard InChI is InChI=1S/C24H35FN2O3S/c1-5-27(20(2)3)18-8-6-7-9-19-30-23-14-12-22(13-15-23)26(4)31(28,29)24-16-10-21(25)11-17-24/h10-17,20H,5-9,18-19H2,1-4H3. The monoisotopic (exact) mass is 450 g/mol. The minimum Gasteiger partial charge on any atom is -0.494 e. The first kappa shape index (κ1) is 25.1. The summed E-state index contributed by atoms with van der Waals surface area (Å²) in [5.41, 5.74) is 0.516. The summed E-state index contributed by atoms with van der Waals surface area (Å²) in [6.45, 7) is 9.55. The zero-order valence-electron chi connectivity index (χ0n) is 19.1. The number of sulfonamides is 1. The summed E-state index contributed by atoms with van der Waals surface area (Å²) in [5.74, 6) is 0.245. The van der Waals surface area contributed by atoms with Crippen LogP contribution in [-0.4, -0.2) is 46.1 Å². The van der Waals surface area contributed by atoms with Gasteiger partial charge in [0, 0.05) is 13.1 Å². The van der Waals surface area contributed by atoms with Crippen LogP contribution in [0.2, 0.25) is 0 Å². The number of ether oxygens (including phenoxy) is 1. The number of halogens is 1. The molecule has 2 rings (SSSR count). The van der Waals surface area contributed by atoms with E-state index in [2.05, 4.69) is 25.7 Å². The number of rotatable bonds is 13. The fourth-order valence-electron chi connectivity index (χ4n) is 3.40. The molecule has 0 heterocycles. The molecule has 7 heteroatoms. The van der Waals surface area contributed by atoms with Crippen LogP contribution in [0.15, 0.2) is 53.4 Å². The summed E-state index contributed by atoms with van der Waals surface area (Å²) < 4.78 is 45.4. The van der Waals surface area contributed by atoms with Crippen LogP contribution in [0.25, 0.3) is 0 Å². The number of unbranched alkanes of at least 4 members (excludes halogenated alkanes) is 3. The maximum Gasteiger partial charge on any atom is 0.264 e. The van der Waals surface area contributed by atoms with E-state index < -0.39 is 15.8 Å². The summed E-state index contributed by atoms with van der Waals surface area (Å²) in [5, 5.41) is 0. The van der Waals surface area contributed by atoms with Crippen LogP contribution < -0.4 is 9.04 Å². The number of hydrogen-bond donors (Lipinski definition) is 0. The van der Waals surface area contributed by atoms with Crippen molar-refractivity contribution >= 4 is 15.7 Å². The van der Waals surface area contributed by atoms with Gasteiger partial charge in [-0.3, -0.25) is 4.31 Å². The van der Waals surface area contributed by atoms with Gasteiger partial charge in [0.1, 0.15) is 11.6 Å². The van der Waals surface area contributed by atoms with Gasteiger partial charge in [-0.1, -0.05) is 19.8 Å². The third-order valence-corrected chi connectivity index (χ3v) is 7.22. The van der Waals surface area contributed by atoms with Crippen LogP contribution in [0.4, 0.5) is 10.1 Å². The highest BCUT2D eigenvalue weighted by atomic mass is 32.2. The van der Waals surface area contributed by atoms with Gasteiger partial charge in [0.05, 0.1) is 17.2 Å². The molecule has 2 aromatic rings. The number of nitrogens with zero attached hydrogens (tertiary/aromatic N) is 2. The van der Waals surface area contributed by atoms with Crippen LogP contribution in [0.3, 0.4) is 0 Å². The Morgan fingerprint density at radius 1 is 0.935 bits per heavy atom. The van der Waals surface area contributed by atoms with Gasteiger partial charge < -0.3 is 9.64 Å². The van der Waals surface area contributed by atoms with Crippen molar-refractivity contribution in [3.63, 3.8) is 0 Å². The van der Waals surface area contributed by atoms with E-state index in [0.29, 0.717) is 24.1 Å². The predicted molar refractivity (Wildman–Crippen MR) is 125 cm³/mol. The van der Waals surface area contributed by atoms with Gasteiger partial charge in [-0.2, -0.15) is 0 Å². The lowest BCUT2D eigenvalue weighted by atomic mass is 10.2. The molecule has 0 amide bonds. The molecule has 172 valence electrons. The van der Waals surface area contributed by atoms with E-state index in [1.165, 1.54) is 36.3 Å². The first-order valence-corrected chi connectivity index (χ1v) is 12.4. The molecular formula is C24H35FN2O3S. The second-order valence-electron chi connectivity index (χ2n) is 7.91. The number of benzene rings is 2. The maximum atomic E-state index is 13.1. The molecule has 0 fully saturated rings. The highest BCUT2D eigenvalue weighted by molar-refractivity contribution is 7.92. The Balaban J connectivity index is 1.77. The van der Waals surface area contributed by atoms with E-state index in [-0.39, 0.29) is 4.90 Å². The Kier molecular flexibility index (Phi) is 9.78. The molecule has 0 aliphatic rings. The summed E-state index contributed by atoms with van der Waals surface area (Å²) >= 11 is 0. The smallest absolute Gasteiger partial charge is 0.264 e. The van der Waals surface area contributed by atoms with Crippen molar-refractivity contribution in [2.75, 3.05) is 31.0 Å².